The molecule has 6 fully saturated rings. The smallest absolute Gasteiger partial charge is 0.427 e. The molecule has 14 atom stereocenters. The molecule has 14 rings (SSSR count). The fourth-order valence-electron chi connectivity index (χ4n) is 18.0. The van der Waals surface area contributed by atoms with E-state index in [4.69, 9.17) is 38.4 Å². The van der Waals surface area contributed by atoms with Gasteiger partial charge >= 0.3 is 24.3 Å². The van der Waals surface area contributed by atoms with E-state index >= 15 is 9.59 Å². The summed E-state index contributed by atoms with van der Waals surface area (Å²) < 4.78 is 174. The number of nitrogens with zero attached hydrogens (tertiary/aromatic N) is 6. The van der Waals surface area contributed by atoms with Gasteiger partial charge in [0.1, 0.15) is 56.6 Å². The summed E-state index contributed by atoms with van der Waals surface area (Å²) in [5.41, 5.74) is -4.83. The minimum absolute atomic E-state index is 0.00310. The van der Waals surface area contributed by atoms with Crippen LogP contribution < -0.4 is 28.4 Å². The summed E-state index contributed by atoms with van der Waals surface area (Å²) in [5.74, 6) is -8.46. The molecule has 2 N–H and O–H groups in total. The molecule has 4 saturated carbocycles. The van der Waals surface area contributed by atoms with E-state index in [-0.39, 0.29) is 75.7 Å². The van der Waals surface area contributed by atoms with E-state index in [2.05, 4.69) is 19.4 Å². The van der Waals surface area contributed by atoms with Gasteiger partial charge in [-0.3, -0.25) is 47.8 Å². The predicted octanol–water partition coefficient (Wildman–Crippen LogP) is 17.7. The molecule has 2 saturated heterocycles. The lowest BCUT2D eigenvalue weighted by atomic mass is 9.82. The number of carbonyl (C=O) groups excluding carboxylic acids is 8. The van der Waals surface area contributed by atoms with Crippen molar-refractivity contribution >= 4 is 89.9 Å². The highest BCUT2D eigenvalue weighted by atomic mass is 32.2. The highest BCUT2D eigenvalue weighted by Gasteiger charge is 2.65. The third kappa shape index (κ3) is 23.1. The van der Waals surface area contributed by atoms with Crippen LogP contribution in [0.3, 0.4) is 0 Å². The van der Waals surface area contributed by atoms with Crippen molar-refractivity contribution in [3.05, 3.63) is 120 Å². The summed E-state index contributed by atoms with van der Waals surface area (Å²) in [6.07, 6.45) is 2.59. The van der Waals surface area contributed by atoms with Crippen molar-refractivity contribution in [1.82, 2.24) is 39.2 Å². The number of Topliss-reactive ketones (excluding diaryl/α,β-unsaturated/α-hetero) is 2. The third-order valence-electron chi connectivity index (χ3n) is 27.0. The highest BCUT2D eigenvalue weighted by molar-refractivity contribution is 7.92. The van der Waals surface area contributed by atoms with E-state index < -0.39 is 184 Å². The van der Waals surface area contributed by atoms with Crippen LogP contribution in [-0.2, 0) is 67.9 Å². The quantitative estimate of drug-likeness (QED) is 0.0323. The van der Waals surface area contributed by atoms with Gasteiger partial charge in [-0.2, -0.15) is 26.3 Å². The molecule has 36 heteroatoms. The molecule has 132 heavy (non-hydrogen) atoms. The number of rotatable bonds is 24. The van der Waals surface area contributed by atoms with E-state index in [1.807, 2.05) is 125 Å². The zero-order chi connectivity index (χ0) is 96.0. The molecule has 26 nitrogen and oxygen atoms in total. The first-order valence-corrected chi connectivity index (χ1v) is 49.9. The van der Waals surface area contributed by atoms with E-state index in [1.54, 1.807) is 64.4 Å². The zero-order valence-corrected chi connectivity index (χ0v) is 80.0. The average molecular weight is 1910 g/mol. The van der Waals surface area contributed by atoms with Crippen molar-refractivity contribution in [2.75, 3.05) is 13.1 Å². The van der Waals surface area contributed by atoms with Crippen LogP contribution in [0.15, 0.2) is 120 Å². The number of pyridine rings is 2. The molecule has 0 bridgehead atoms. The summed E-state index contributed by atoms with van der Waals surface area (Å²) in [7, 11) is -8.11. The van der Waals surface area contributed by atoms with Crippen LogP contribution in [0.5, 0.6) is 23.0 Å². The fourth-order valence-corrected chi connectivity index (χ4v) is 21.9. The number of halogens is 6. The van der Waals surface area contributed by atoms with E-state index in [0.717, 1.165) is 38.8 Å². The van der Waals surface area contributed by atoms with Gasteiger partial charge in [0.15, 0.2) is 11.6 Å². The van der Waals surface area contributed by atoms with Gasteiger partial charge in [0.2, 0.25) is 54.9 Å². The first-order chi connectivity index (χ1) is 61.8. The summed E-state index contributed by atoms with van der Waals surface area (Å²) in [4.78, 5) is 136. The molecule has 0 radical (unpaired) electrons. The number of benzene rings is 2. The Morgan fingerprint density at radius 3 is 1.18 bits per heavy atom. The van der Waals surface area contributed by atoms with Crippen LogP contribution in [-0.4, -0.2) is 176 Å². The molecule has 8 heterocycles. The van der Waals surface area contributed by atoms with Crippen LogP contribution in [0, 0.1) is 58.2 Å². The predicted molar refractivity (Wildman–Crippen MR) is 483 cm³/mol. The molecule has 4 aliphatic heterocycles. The van der Waals surface area contributed by atoms with Crippen LogP contribution in [0.2, 0.25) is 0 Å². The van der Waals surface area contributed by atoms with Gasteiger partial charge in [0.25, 0.3) is 0 Å². The number of aromatic nitrogens is 4. The number of sulfonamides is 2. The number of thiazole rings is 2. The van der Waals surface area contributed by atoms with Crippen LogP contribution in [0.4, 0.5) is 26.3 Å². The Morgan fingerprint density at radius 1 is 0.515 bits per heavy atom. The average Bonchev–Trinajstić information content (AvgIpc) is 1.56. The summed E-state index contributed by atoms with van der Waals surface area (Å²) in [5, 5.41) is 4.86. The largest absolute Gasteiger partial charge is 0.491 e. The van der Waals surface area contributed by atoms with Gasteiger partial charge in [0, 0.05) is 84.2 Å². The lowest BCUT2D eigenvalue weighted by molar-refractivity contribution is -0.257. The van der Waals surface area contributed by atoms with E-state index in [0.29, 0.717) is 120 Å². The summed E-state index contributed by atoms with van der Waals surface area (Å²) in [6.45, 7) is 21.0. The zero-order valence-electron chi connectivity index (χ0n) is 76.7. The van der Waals surface area contributed by atoms with Crippen molar-refractivity contribution in [2.45, 2.75) is 282 Å². The number of amides is 4. The number of esters is 2. The number of allylic oxidation sites excluding steroid dienone is 4. The number of hydrogen-bond donors (Lipinski definition) is 2. The molecule has 4 aromatic heterocycles. The second kappa shape index (κ2) is 39.0. The maximum atomic E-state index is 15.1. The van der Waals surface area contributed by atoms with Crippen molar-refractivity contribution in [3.63, 3.8) is 0 Å². The first kappa shape index (κ1) is 99.8. The molecule has 6 aromatic rings. The Kier molecular flexibility index (Phi) is 29.5. The number of nitrogens with one attached hydrogen (secondary N) is 2. The van der Waals surface area contributed by atoms with Crippen LogP contribution in [0.25, 0.3) is 43.9 Å². The third-order valence-corrected chi connectivity index (χ3v) is 32.9. The van der Waals surface area contributed by atoms with Crippen LogP contribution >= 0.6 is 22.7 Å². The molecule has 8 aliphatic rings. The molecule has 4 amide bonds. The van der Waals surface area contributed by atoms with Gasteiger partial charge in [-0.05, 0) is 230 Å². The fraction of sp³-hybridized carbons (Fsp3) is 0.583. The number of ketones is 2. The van der Waals surface area contributed by atoms with Crippen LogP contribution in [0.1, 0.15) is 213 Å². The van der Waals surface area contributed by atoms with Crippen molar-refractivity contribution in [1.29, 1.82) is 0 Å². The van der Waals surface area contributed by atoms with E-state index in [1.165, 1.54) is 32.5 Å². The number of hydrogen-bond acceptors (Lipinski definition) is 24. The van der Waals surface area contributed by atoms with Crippen molar-refractivity contribution in [3.8, 4) is 66.9 Å². The number of carbonyl (C=O) groups is 8. The van der Waals surface area contributed by atoms with Gasteiger partial charge in [-0.25, -0.2) is 36.8 Å². The molecular formula is C96H118F6N8O18S4. The topological polar surface area (TPSA) is 342 Å². The molecule has 0 unspecified atom stereocenters. The van der Waals surface area contributed by atoms with Gasteiger partial charge in [-0.1, -0.05) is 52.0 Å². The Morgan fingerprint density at radius 2 is 0.864 bits per heavy atom. The van der Waals surface area contributed by atoms with Gasteiger partial charge < -0.3 is 38.2 Å². The molecule has 0 spiro atoms. The minimum Gasteiger partial charge on any atom is -0.491 e. The highest BCUT2D eigenvalue weighted by Crippen LogP contribution is 2.60. The molecular weight excluding hydrogens is 1800 g/mol. The van der Waals surface area contributed by atoms with Gasteiger partial charge in [-0.15, -0.1) is 22.7 Å². The van der Waals surface area contributed by atoms with E-state index in [9.17, 15) is 71.9 Å². The van der Waals surface area contributed by atoms with Gasteiger partial charge in [0.05, 0.1) is 93.8 Å². The summed E-state index contributed by atoms with van der Waals surface area (Å²) in [6, 6.07) is 19.3. The SMILES string of the molecule is CC(C)Oc1ccc(-c2cc(O[C@@H]3C[C@H]4C(=O)C[C@]5(C(=O)NS(=O)(=O)C6(C)CC6)C[C@H]5/C=C\CC[C@@H](C)C[C@@H](C)[C@H](CC(=O)OC(C)(C)C(F)(F)F)C(=O)N4C3)cc(-c3nccs3)n2)cc1.CC(C)Oc1ccc(-c2cc(O[C@@H]3C[C@H]4C(=O)C[C@]5(C(=O)NS(=O)(=O)C6(C)CC6)C[C@H]5/C=C\CC[C@H](C)C[C@@H](C)[C@H](CC(=O)OC(C)(C)C(F)(F)F)C(=O)N4C3)cc(-c3nccs3)n2)cc1. The lowest BCUT2D eigenvalue weighted by Gasteiger charge is -2.33. The second-order valence-corrected chi connectivity index (χ2v) is 45.6. The first-order valence-electron chi connectivity index (χ1n) is 45.2. The Balaban J connectivity index is 0.000000224. The number of ether oxygens (including phenoxy) is 6. The Bertz CT molecular complexity index is 5210. The Hall–Kier alpha value is -9.68. The number of fused-ring (bicyclic) bond motifs is 4. The minimum atomic E-state index is -4.88. The van der Waals surface area contributed by atoms with Crippen molar-refractivity contribution in [2.24, 2.45) is 58.2 Å². The Labute approximate surface area is 774 Å². The number of alkyl halides is 6. The standard InChI is InChI=1S/2C48H59F3N4O9S2/c2*1-28(2)62-33-14-12-31(13-15-33)37-21-34(22-38(53-37)42-52-18-19-65-42)63-35-23-39-40(56)26-47(44(59)54-66(60,61)46(7)16-17-46)25-32(47)11-9-8-10-29(3)20-30(4)36(43(58)55(39)27-35)24-41(57)64-45(5,6)48(49,50)51/h2*9,11-15,18-19,21-22,28-30,32,35-36,39H,8,10,16-17,20,23-27H2,1-7H3,(H,54,59)/b2*11-9-/t29-,30+,32+,35+,36-,39-,47+;29-,30-,32-,35-,36+,39+,47-/m01/s1. The maximum Gasteiger partial charge on any atom is 0.427 e. The summed E-state index contributed by atoms with van der Waals surface area (Å²) >= 11 is 2.75. The monoisotopic (exact) mass is 1910 g/mol. The lowest BCUT2D eigenvalue weighted by Crippen LogP contribution is -2.48. The molecule has 4 aliphatic carbocycles. The normalized spacial score (nSPS) is 27.5. The second-order valence-electron chi connectivity index (χ2n) is 39.4. The molecule has 716 valence electrons. The maximum absolute atomic E-state index is 15.1. The molecule has 2 aromatic carbocycles. The van der Waals surface area contributed by atoms with Crippen molar-refractivity contribution < 1.29 is 110 Å².